The largest absolute Gasteiger partial charge is 0.369 e. The van der Waals surface area contributed by atoms with E-state index in [9.17, 15) is 30.8 Å². The van der Waals surface area contributed by atoms with Gasteiger partial charge in [0, 0.05) is 19.0 Å². The summed E-state index contributed by atoms with van der Waals surface area (Å²) in [5.74, 6) is -3.01. The second-order valence-corrected chi connectivity index (χ2v) is 11.6. The van der Waals surface area contributed by atoms with Gasteiger partial charge in [-0.05, 0) is 37.5 Å². The first-order valence-electron chi connectivity index (χ1n) is 8.84. The predicted molar refractivity (Wildman–Crippen MR) is 98.5 cm³/mol. The summed E-state index contributed by atoms with van der Waals surface area (Å²) < 4.78 is 63.0. The van der Waals surface area contributed by atoms with Gasteiger partial charge in [0.2, 0.25) is 5.91 Å². The number of nitrogens with two attached hydrogens (primary N) is 1. The number of hydrogen-bond acceptors (Lipinski definition) is 6. The predicted octanol–water partition coefficient (Wildman–Crippen LogP) is 0.124. The molecule has 0 radical (unpaired) electrons. The first-order chi connectivity index (χ1) is 13.0. The third-order valence-electron chi connectivity index (χ3n) is 5.31. The Morgan fingerprint density at radius 3 is 2.32 bits per heavy atom. The Morgan fingerprint density at radius 1 is 1.14 bits per heavy atom. The van der Waals surface area contributed by atoms with Crippen LogP contribution in [0.5, 0.6) is 0 Å². The zero-order valence-corrected chi connectivity index (χ0v) is 16.6. The third-order valence-corrected chi connectivity index (χ3v) is 9.48. The van der Waals surface area contributed by atoms with E-state index in [2.05, 4.69) is 0 Å². The minimum absolute atomic E-state index is 0.0219. The van der Waals surface area contributed by atoms with E-state index in [0.29, 0.717) is 12.8 Å². The molecule has 28 heavy (non-hydrogen) atoms. The maximum atomic E-state index is 14.3. The summed E-state index contributed by atoms with van der Waals surface area (Å²) in [5.41, 5.74) is 4.87. The van der Waals surface area contributed by atoms with Gasteiger partial charge in [0.1, 0.15) is 5.82 Å². The third kappa shape index (κ3) is 4.04. The maximum absolute atomic E-state index is 14.3. The maximum Gasteiger partial charge on any atom is 0.256 e. The molecule has 2 saturated heterocycles. The topological polar surface area (TPSA) is 132 Å². The van der Waals surface area contributed by atoms with Crippen molar-refractivity contribution in [1.29, 1.82) is 0 Å². The Morgan fingerprint density at radius 2 is 1.79 bits per heavy atom. The van der Waals surface area contributed by atoms with E-state index in [1.807, 2.05) is 0 Å². The minimum atomic E-state index is -4.01. The van der Waals surface area contributed by atoms with Crippen molar-refractivity contribution in [2.45, 2.75) is 29.4 Å². The summed E-state index contributed by atoms with van der Waals surface area (Å²) in [6, 6.07) is 2.92. The summed E-state index contributed by atoms with van der Waals surface area (Å²) in [6.07, 6.45) is 0.702. The van der Waals surface area contributed by atoms with E-state index < -0.39 is 48.3 Å². The molecule has 0 aromatic heterocycles. The molecule has 1 unspecified atom stereocenters. The Labute approximate surface area is 162 Å². The molecular formula is C17H21FN2O6S2. The fourth-order valence-corrected chi connectivity index (χ4v) is 7.96. The molecule has 8 nitrogen and oxygen atoms in total. The molecule has 2 N–H and O–H groups in total. The van der Waals surface area contributed by atoms with Gasteiger partial charge in [-0.1, -0.05) is 0 Å². The van der Waals surface area contributed by atoms with Crippen molar-refractivity contribution in [3.8, 4) is 0 Å². The van der Waals surface area contributed by atoms with Gasteiger partial charge in [-0.2, -0.15) is 0 Å². The molecule has 1 atom stereocenters. The van der Waals surface area contributed by atoms with E-state index in [1.54, 1.807) is 0 Å². The van der Waals surface area contributed by atoms with Gasteiger partial charge in [0.05, 0.1) is 27.2 Å². The molecule has 2 amide bonds. The number of primary amides is 1. The van der Waals surface area contributed by atoms with E-state index >= 15 is 0 Å². The van der Waals surface area contributed by atoms with E-state index in [0.717, 1.165) is 18.2 Å². The number of hydrogen-bond donors (Lipinski definition) is 1. The lowest BCUT2D eigenvalue weighted by Crippen LogP contribution is -2.42. The molecule has 2 heterocycles. The number of benzene rings is 1. The number of carbonyl (C=O) groups excluding carboxylic acids is 2. The van der Waals surface area contributed by atoms with Gasteiger partial charge in [0.15, 0.2) is 19.7 Å². The van der Waals surface area contributed by atoms with Gasteiger partial charge >= 0.3 is 0 Å². The van der Waals surface area contributed by atoms with Crippen LogP contribution >= 0.6 is 0 Å². The first-order valence-corrected chi connectivity index (χ1v) is 12.2. The zero-order valence-electron chi connectivity index (χ0n) is 15.0. The second-order valence-electron chi connectivity index (χ2n) is 7.18. The van der Waals surface area contributed by atoms with Crippen LogP contribution in [0.15, 0.2) is 23.1 Å². The molecule has 11 heteroatoms. The molecule has 0 bridgehead atoms. The van der Waals surface area contributed by atoms with Crippen LogP contribution in [0.25, 0.3) is 0 Å². The molecule has 2 fully saturated rings. The van der Waals surface area contributed by atoms with Crippen LogP contribution in [0.1, 0.15) is 29.6 Å². The summed E-state index contributed by atoms with van der Waals surface area (Å²) in [4.78, 5) is 25.0. The Balaban J connectivity index is 1.84. The van der Waals surface area contributed by atoms with Gasteiger partial charge in [-0.3, -0.25) is 9.59 Å². The minimum Gasteiger partial charge on any atom is -0.369 e. The van der Waals surface area contributed by atoms with Crippen LogP contribution in [0, 0.1) is 11.7 Å². The summed E-state index contributed by atoms with van der Waals surface area (Å²) >= 11 is 0. The number of carbonyl (C=O) groups is 2. The van der Waals surface area contributed by atoms with Crippen molar-refractivity contribution in [3.63, 3.8) is 0 Å². The molecule has 154 valence electrons. The number of halogens is 1. The van der Waals surface area contributed by atoms with Crippen molar-refractivity contribution in [3.05, 3.63) is 29.6 Å². The molecular weight excluding hydrogens is 411 g/mol. The van der Waals surface area contributed by atoms with Crippen molar-refractivity contribution >= 4 is 31.5 Å². The Bertz CT molecular complexity index is 1010. The van der Waals surface area contributed by atoms with Crippen LogP contribution in [-0.2, 0) is 24.5 Å². The number of nitrogens with zero attached hydrogens (tertiary/aromatic N) is 1. The molecule has 2 aliphatic heterocycles. The second kappa shape index (κ2) is 7.43. The van der Waals surface area contributed by atoms with Crippen molar-refractivity contribution in [2.75, 3.05) is 24.6 Å². The molecule has 2 aliphatic rings. The molecule has 0 aliphatic carbocycles. The molecule has 0 spiro atoms. The fourth-order valence-electron chi connectivity index (χ4n) is 3.58. The highest BCUT2D eigenvalue weighted by Crippen LogP contribution is 2.27. The highest BCUT2D eigenvalue weighted by molar-refractivity contribution is 7.96. The summed E-state index contributed by atoms with van der Waals surface area (Å²) in [5, 5.41) is -1.10. The zero-order chi connectivity index (χ0) is 20.7. The van der Waals surface area contributed by atoms with Crippen LogP contribution in [-0.4, -0.2) is 63.4 Å². The van der Waals surface area contributed by atoms with Crippen molar-refractivity contribution < 1.29 is 30.8 Å². The summed E-state index contributed by atoms with van der Waals surface area (Å²) in [7, 11) is -7.43. The van der Waals surface area contributed by atoms with Gasteiger partial charge in [-0.25, -0.2) is 21.2 Å². The highest BCUT2D eigenvalue weighted by Gasteiger charge is 2.38. The quantitative estimate of drug-likeness (QED) is 0.673. The number of rotatable bonds is 4. The van der Waals surface area contributed by atoms with Crippen LogP contribution in [0.4, 0.5) is 4.39 Å². The number of sulfone groups is 2. The van der Waals surface area contributed by atoms with E-state index in [4.69, 9.17) is 5.73 Å². The lowest BCUT2D eigenvalue weighted by molar-refractivity contribution is -0.123. The lowest BCUT2D eigenvalue weighted by Gasteiger charge is -2.30. The SMILES string of the molecule is NC(=O)C1CCN(C(=O)c2cc(S(=O)(=O)C3CCS(=O)(=O)C3)ccc2F)CC1. The summed E-state index contributed by atoms with van der Waals surface area (Å²) in [6.45, 7) is 0.424. The smallest absolute Gasteiger partial charge is 0.256 e. The van der Waals surface area contributed by atoms with Gasteiger partial charge in [0.25, 0.3) is 5.91 Å². The highest BCUT2D eigenvalue weighted by atomic mass is 32.2. The normalized spacial score (nSPS) is 22.9. The Hall–Kier alpha value is -2.01. The number of piperidine rings is 1. The average Bonchev–Trinajstić information content (AvgIpc) is 3.02. The standard InChI is InChI=1S/C17H21FN2O6S2/c18-15-2-1-12(28(25,26)13-5-8-27(23,24)10-13)9-14(15)17(22)20-6-3-11(4-7-20)16(19)21/h1-2,9,11,13H,3-8,10H2,(H2,19,21). The number of amides is 2. The molecule has 3 rings (SSSR count). The molecule has 1 aromatic rings. The van der Waals surface area contributed by atoms with E-state index in [1.165, 1.54) is 4.90 Å². The molecule has 0 saturated carbocycles. The van der Waals surface area contributed by atoms with Crippen molar-refractivity contribution in [1.82, 2.24) is 4.90 Å². The number of likely N-dealkylation sites (tertiary alicyclic amines) is 1. The van der Waals surface area contributed by atoms with Crippen LogP contribution < -0.4 is 5.73 Å². The van der Waals surface area contributed by atoms with Gasteiger partial charge in [-0.15, -0.1) is 0 Å². The van der Waals surface area contributed by atoms with Gasteiger partial charge < -0.3 is 10.6 Å². The van der Waals surface area contributed by atoms with Crippen LogP contribution in [0.3, 0.4) is 0 Å². The average molecular weight is 432 g/mol. The lowest BCUT2D eigenvalue weighted by atomic mass is 9.96. The monoisotopic (exact) mass is 432 g/mol. The molecule has 1 aromatic carbocycles. The Kier molecular flexibility index (Phi) is 5.50. The van der Waals surface area contributed by atoms with E-state index in [-0.39, 0.29) is 41.6 Å². The fraction of sp³-hybridized carbons (Fsp3) is 0.529. The van der Waals surface area contributed by atoms with Crippen molar-refractivity contribution in [2.24, 2.45) is 11.7 Å². The van der Waals surface area contributed by atoms with Crippen LogP contribution in [0.2, 0.25) is 0 Å². The first kappa shape index (κ1) is 20.7.